The van der Waals surface area contributed by atoms with Crippen molar-refractivity contribution >= 4 is 0 Å². The number of aliphatic hydroxyl groups is 1. The van der Waals surface area contributed by atoms with Gasteiger partial charge < -0.3 is 10.8 Å². The average molecular weight is 234 g/mol. The summed E-state index contributed by atoms with van der Waals surface area (Å²) in [7, 11) is 0. The number of fused-ring (bicyclic) bond motifs is 1. The van der Waals surface area contributed by atoms with Gasteiger partial charge in [0.05, 0.1) is 6.61 Å². The fourth-order valence-corrected chi connectivity index (χ4v) is 2.83. The smallest absolute Gasteiger partial charge is 0.0558 e. The molecule has 1 aromatic carbocycles. The number of nitrogens with zero attached hydrogens (tertiary/aromatic N) is 1. The Labute approximate surface area is 103 Å². The molecular formula is C14H22N2O. The summed E-state index contributed by atoms with van der Waals surface area (Å²) in [6, 6.07) is 8.96. The van der Waals surface area contributed by atoms with E-state index in [-0.39, 0.29) is 12.6 Å². The molecular weight excluding hydrogens is 212 g/mol. The third-order valence-electron chi connectivity index (χ3n) is 3.57. The summed E-state index contributed by atoms with van der Waals surface area (Å²) in [5, 5.41) is 9.16. The molecule has 2 rings (SSSR count). The highest BCUT2D eigenvalue weighted by Crippen LogP contribution is 2.40. The number of rotatable bonds is 5. The van der Waals surface area contributed by atoms with E-state index >= 15 is 0 Å². The Morgan fingerprint density at radius 2 is 2.00 bits per heavy atom. The van der Waals surface area contributed by atoms with Crippen LogP contribution in [-0.4, -0.2) is 29.7 Å². The maximum absolute atomic E-state index is 9.16. The standard InChI is InChI=1S/C14H22N2O/c1-2-7-16(8-9-17)14-10-13(15)11-5-3-4-6-12(11)14/h3-6,13-14,17H,2,7-10,15H2,1H3. The van der Waals surface area contributed by atoms with Gasteiger partial charge in [0.2, 0.25) is 0 Å². The largest absolute Gasteiger partial charge is 0.395 e. The number of aliphatic hydroxyl groups excluding tert-OH is 1. The summed E-state index contributed by atoms with van der Waals surface area (Å²) in [6.07, 6.45) is 2.08. The molecule has 0 radical (unpaired) electrons. The Morgan fingerprint density at radius 3 is 2.65 bits per heavy atom. The molecule has 3 heteroatoms. The topological polar surface area (TPSA) is 49.5 Å². The Bertz CT molecular complexity index is 361. The lowest BCUT2D eigenvalue weighted by molar-refractivity contribution is 0.147. The molecule has 0 bridgehead atoms. The minimum Gasteiger partial charge on any atom is -0.395 e. The second-order valence-corrected chi connectivity index (χ2v) is 4.75. The summed E-state index contributed by atoms with van der Waals surface area (Å²) < 4.78 is 0. The van der Waals surface area contributed by atoms with Gasteiger partial charge in [-0.15, -0.1) is 0 Å². The van der Waals surface area contributed by atoms with Crippen molar-refractivity contribution in [3.8, 4) is 0 Å². The average Bonchev–Trinajstić information content (AvgIpc) is 2.67. The normalized spacial score (nSPS) is 23.1. The van der Waals surface area contributed by atoms with Crippen LogP contribution in [0.25, 0.3) is 0 Å². The van der Waals surface area contributed by atoms with E-state index in [1.54, 1.807) is 0 Å². The van der Waals surface area contributed by atoms with Gasteiger partial charge in [-0.05, 0) is 30.5 Å². The zero-order chi connectivity index (χ0) is 12.3. The molecule has 2 unspecified atom stereocenters. The molecule has 0 heterocycles. The minimum atomic E-state index is 0.147. The first kappa shape index (κ1) is 12.6. The quantitative estimate of drug-likeness (QED) is 0.817. The van der Waals surface area contributed by atoms with Gasteiger partial charge in [0, 0.05) is 18.6 Å². The maximum atomic E-state index is 9.16. The summed E-state index contributed by atoms with van der Waals surface area (Å²) >= 11 is 0. The van der Waals surface area contributed by atoms with E-state index in [0.717, 1.165) is 25.9 Å². The van der Waals surface area contributed by atoms with Crippen LogP contribution in [0.1, 0.15) is 43.0 Å². The van der Waals surface area contributed by atoms with Gasteiger partial charge in [0.15, 0.2) is 0 Å². The zero-order valence-electron chi connectivity index (χ0n) is 10.5. The number of nitrogens with two attached hydrogens (primary N) is 1. The minimum absolute atomic E-state index is 0.147. The lowest BCUT2D eigenvalue weighted by atomic mass is 10.1. The Hall–Kier alpha value is -0.900. The highest BCUT2D eigenvalue weighted by atomic mass is 16.3. The molecule has 17 heavy (non-hydrogen) atoms. The van der Waals surface area contributed by atoms with Crippen LogP contribution >= 0.6 is 0 Å². The summed E-state index contributed by atoms with van der Waals surface area (Å²) in [5.41, 5.74) is 8.80. The first-order valence-corrected chi connectivity index (χ1v) is 6.47. The van der Waals surface area contributed by atoms with Crippen LogP contribution in [0.3, 0.4) is 0 Å². The van der Waals surface area contributed by atoms with Crippen LogP contribution in [0, 0.1) is 0 Å². The van der Waals surface area contributed by atoms with Crippen molar-refractivity contribution in [2.24, 2.45) is 5.73 Å². The van der Waals surface area contributed by atoms with Crippen molar-refractivity contribution in [3.05, 3.63) is 35.4 Å². The van der Waals surface area contributed by atoms with E-state index in [4.69, 9.17) is 10.8 Å². The SMILES string of the molecule is CCCN(CCO)C1CC(N)c2ccccc21. The summed E-state index contributed by atoms with van der Waals surface area (Å²) in [4.78, 5) is 2.35. The molecule has 0 aliphatic heterocycles. The molecule has 0 saturated carbocycles. The van der Waals surface area contributed by atoms with E-state index in [9.17, 15) is 0 Å². The van der Waals surface area contributed by atoms with Crippen molar-refractivity contribution in [2.45, 2.75) is 31.8 Å². The fraction of sp³-hybridized carbons (Fsp3) is 0.571. The van der Waals surface area contributed by atoms with Gasteiger partial charge in [-0.25, -0.2) is 0 Å². The molecule has 0 amide bonds. The molecule has 3 nitrogen and oxygen atoms in total. The van der Waals surface area contributed by atoms with Crippen LogP contribution < -0.4 is 5.73 Å². The van der Waals surface area contributed by atoms with Crippen molar-refractivity contribution in [1.82, 2.24) is 4.90 Å². The van der Waals surface area contributed by atoms with Crippen LogP contribution in [0.15, 0.2) is 24.3 Å². The fourth-order valence-electron chi connectivity index (χ4n) is 2.83. The number of hydrogen-bond donors (Lipinski definition) is 2. The van der Waals surface area contributed by atoms with Gasteiger partial charge in [0.1, 0.15) is 0 Å². The molecule has 1 aliphatic carbocycles. The van der Waals surface area contributed by atoms with Gasteiger partial charge >= 0.3 is 0 Å². The number of hydrogen-bond acceptors (Lipinski definition) is 3. The molecule has 0 aromatic heterocycles. The van der Waals surface area contributed by atoms with Crippen molar-refractivity contribution in [2.75, 3.05) is 19.7 Å². The van der Waals surface area contributed by atoms with E-state index in [1.807, 2.05) is 0 Å². The predicted molar refractivity (Wildman–Crippen MR) is 69.7 cm³/mol. The van der Waals surface area contributed by atoms with Crippen LogP contribution in [0.4, 0.5) is 0 Å². The molecule has 1 aromatic rings. The molecule has 0 fully saturated rings. The van der Waals surface area contributed by atoms with Crippen molar-refractivity contribution < 1.29 is 5.11 Å². The Morgan fingerprint density at radius 1 is 1.29 bits per heavy atom. The van der Waals surface area contributed by atoms with Crippen LogP contribution in [0.5, 0.6) is 0 Å². The first-order valence-electron chi connectivity index (χ1n) is 6.47. The zero-order valence-corrected chi connectivity index (χ0v) is 10.5. The van der Waals surface area contributed by atoms with E-state index in [1.165, 1.54) is 11.1 Å². The molecule has 3 N–H and O–H groups in total. The van der Waals surface area contributed by atoms with Crippen LogP contribution in [-0.2, 0) is 0 Å². The monoisotopic (exact) mass is 234 g/mol. The van der Waals surface area contributed by atoms with Gasteiger partial charge in [0.25, 0.3) is 0 Å². The molecule has 2 atom stereocenters. The Balaban J connectivity index is 2.22. The lowest BCUT2D eigenvalue weighted by Crippen LogP contribution is -2.31. The maximum Gasteiger partial charge on any atom is 0.0558 e. The third kappa shape index (κ3) is 2.51. The van der Waals surface area contributed by atoms with Gasteiger partial charge in [-0.2, -0.15) is 0 Å². The van der Waals surface area contributed by atoms with E-state index in [2.05, 4.69) is 36.1 Å². The second-order valence-electron chi connectivity index (χ2n) is 4.75. The second kappa shape index (κ2) is 5.63. The van der Waals surface area contributed by atoms with Crippen molar-refractivity contribution in [1.29, 1.82) is 0 Å². The predicted octanol–water partition coefficient (Wildman–Crippen LogP) is 1.84. The number of benzene rings is 1. The summed E-state index contributed by atoms with van der Waals surface area (Å²) in [6.45, 7) is 4.14. The van der Waals surface area contributed by atoms with Crippen LogP contribution in [0.2, 0.25) is 0 Å². The molecule has 1 aliphatic rings. The first-order chi connectivity index (χ1) is 8.27. The molecule has 0 saturated heterocycles. The van der Waals surface area contributed by atoms with Gasteiger partial charge in [-0.3, -0.25) is 4.90 Å². The van der Waals surface area contributed by atoms with E-state index in [0.29, 0.717) is 6.04 Å². The highest BCUT2D eigenvalue weighted by molar-refractivity contribution is 5.37. The van der Waals surface area contributed by atoms with Gasteiger partial charge in [-0.1, -0.05) is 31.2 Å². The highest BCUT2D eigenvalue weighted by Gasteiger charge is 2.31. The lowest BCUT2D eigenvalue weighted by Gasteiger charge is -2.28. The molecule has 0 spiro atoms. The Kier molecular flexibility index (Phi) is 4.15. The third-order valence-corrected chi connectivity index (χ3v) is 3.57. The van der Waals surface area contributed by atoms with E-state index < -0.39 is 0 Å². The molecule has 94 valence electrons. The van der Waals surface area contributed by atoms with Crippen molar-refractivity contribution in [3.63, 3.8) is 0 Å². The summed E-state index contributed by atoms with van der Waals surface area (Å²) in [5.74, 6) is 0.